The van der Waals surface area contributed by atoms with E-state index in [1.165, 1.54) is 0 Å². The second-order valence-corrected chi connectivity index (χ2v) is 5.03. The molecule has 1 N–H and O–H groups in total. The number of aromatic nitrogens is 2. The number of aryl methyl sites for hydroxylation is 1. The maximum absolute atomic E-state index is 12.0. The van der Waals surface area contributed by atoms with Crippen molar-refractivity contribution in [3.05, 3.63) is 33.7 Å². The summed E-state index contributed by atoms with van der Waals surface area (Å²) in [7, 11) is 0. The van der Waals surface area contributed by atoms with E-state index in [4.69, 9.17) is 4.74 Å². The van der Waals surface area contributed by atoms with E-state index in [9.17, 15) is 4.79 Å². The second-order valence-electron chi connectivity index (χ2n) is 5.03. The summed E-state index contributed by atoms with van der Waals surface area (Å²) in [5, 5.41) is 0. The Kier molecular flexibility index (Phi) is 2.58. The van der Waals surface area contributed by atoms with Crippen molar-refractivity contribution in [1.29, 1.82) is 0 Å². The Labute approximate surface area is 105 Å². The van der Waals surface area contributed by atoms with E-state index >= 15 is 0 Å². The molecular weight excluding hydrogens is 228 g/mol. The Hall–Kier alpha value is -1.84. The van der Waals surface area contributed by atoms with Gasteiger partial charge in [0.1, 0.15) is 0 Å². The molecule has 18 heavy (non-hydrogen) atoms. The van der Waals surface area contributed by atoms with E-state index in [1.807, 2.05) is 12.3 Å². The molecule has 4 nitrogen and oxygen atoms in total. The normalized spacial score (nSPS) is 14.6. The topological polar surface area (TPSA) is 55.0 Å². The zero-order valence-electron chi connectivity index (χ0n) is 10.6. The van der Waals surface area contributed by atoms with Gasteiger partial charge < -0.3 is 9.72 Å². The number of aromatic amines is 1. The number of pyridine rings is 2. The molecule has 0 unspecified atom stereocenters. The first kappa shape index (κ1) is 11.3. The number of hydrogen-bond acceptors (Lipinski definition) is 3. The van der Waals surface area contributed by atoms with E-state index in [0.29, 0.717) is 18.3 Å². The highest BCUT2D eigenvalue weighted by atomic mass is 16.5. The minimum Gasteiger partial charge on any atom is -0.488 e. The molecule has 0 fully saturated rings. The Bertz CT molecular complexity index is 659. The number of rotatable bonds is 1. The van der Waals surface area contributed by atoms with Gasteiger partial charge in [-0.05, 0) is 30.4 Å². The third-order valence-electron chi connectivity index (χ3n) is 3.41. The Balaban J connectivity index is 2.30. The smallest absolute Gasteiger partial charge is 0.291 e. The second kappa shape index (κ2) is 4.12. The molecule has 1 aliphatic rings. The van der Waals surface area contributed by atoms with Crippen LogP contribution in [0.2, 0.25) is 0 Å². The molecule has 3 heterocycles. The van der Waals surface area contributed by atoms with Gasteiger partial charge in [0.05, 0.1) is 17.6 Å². The monoisotopic (exact) mass is 244 g/mol. The zero-order valence-corrected chi connectivity index (χ0v) is 10.6. The molecule has 94 valence electrons. The number of fused-ring (bicyclic) bond motifs is 3. The van der Waals surface area contributed by atoms with Gasteiger partial charge in [0.25, 0.3) is 5.56 Å². The quantitative estimate of drug-likeness (QED) is 0.837. The molecule has 0 aromatic carbocycles. The first-order valence-corrected chi connectivity index (χ1v) is 6.34. The van der Waals surface area contributed by atoms with Crippen molar-refractivity contribution in [3.8, 4) is 5.75 Å². The third-order valence-corrected chi connectivity index (χ3v) is 3.41. The van der Waals surface area contributed by atoms with Crippen molar-refractivity contribution in [2.75, 3.05) is 6.61 Å². The lowest BCUT2D eigenvalue weighted by Gasteiger charge is -2.17. The van der Waals surface area contributed by atoms with E-state index < -0.39 is 0 Å². The summed E-state index contributed by atoms with van der Waals surface area (Å²) < 4.78 is 5.46. The molecule has 1 aliphatic heterocycles. The summed E-state index contributed by atoms with van der Waals surface area (Å²) in [4.78, 5) is 19.3. The minimum atomic E-state index is -0.139. The maximum atomic E-state index is 12.0. The van der Waals surface area contributed by atoms with Crippen molar-refractivity contribution in [1.82, 2.24) is 9.97 Å². The van der Waals surface area contributed by atoms with E-state index in [2.05, 4.69) is 23.8 Å². The van der Waals surface area contributed by atoms with Crippen LogP contribution in [0.1, 0.15) is 37.3 Å². The molecule has 0 saturated carbocycles. The summed E-state index contributed by atoms with van der Waals surface area (Å²) in [5.41, 5.74) is 3.63. The largest absolute Gasteiger partial charge is 0.488 e. The molecule has 4 heteroatoms. The molecule has 0 bridgehead atoms. The lowest BCUT2D eigenvalue weighted by atomic mass is 10.0. The summed E-state index contributed by atoms with van der Waals surface area (Å²) in [6.07, 6.45) is 3.70. The first-order chi connectivity index (χ1) is 8.66. The van der Waals surface area contributed by atoms with E-state index in [1.54, 1.807) is 0 Å². The highest BCUT2D eigenvalue weighted by molar-refractivity contribution is 5.80. The first-order valence-electron chi connectivity index (χ1n) is 6.34. The number of nitrogens with zero attached hydrogens (tertiary/aromatic N) is 1. The van der Waals surface area contributed by atoms with Gasteiger partial charge in [-0.2, -0.15) is 0 Å². The number of hydrogen-bond donors (Lipinski definition) is 1. The molecule has 0 saturated heterocycles. The zero-order chi connectivity index (χ0) is 12.7. The molecule has 0 atom stereocenters. The van der Waals surface area contributed by atoms with E-state index in [0.717, 1.165) is 35.0 Å². The Morgan fingerprint density at radius 2 is 2.28 bits per heavy atom. The van der Waals surface area contributed by atoms with Crippen LogP contribution in [0.3, 0.4) is 0 Å². The Morgan fingerprint density at radius 1 is 1.44 bits per heavy atom. The fourth-order valence-electron chi connectivity index (χ4n) is 2.36. The average Bonchev–Trinajstić information content (AvgIpc) is 2.38. The highest BCUT2D eigenvalue weighted by Crippen LogP contribution is 2.27. The molecule has 0 spiro atoms. The molecule has 0 aliphatic carbocycles. The summed E-state index contributed by atoms with van der Waals surface area (Å²) in [6, 6.07) is 2.02. The summed E-state index contributed by atoms with van der Waals surface area (Å²) >= 11 is 0. The van der Waals surface area contributed by atoms with E-state index in [-0.39, 0.29) is 5.56 Å². The van der Waals surface area contributed by atoms with Crippen molar-refractivity contribution < 1.29 is 4.74 Å². The van der Waals surface area contributed by atoms with Gasteiger partial charge >= 0.3 is 0 Å². The van der Waals surface area contributed by atoms with Crippen LogP contribution in [0.25, 0.3) is 11.0 Å². The third kappa shape index (κ3) is 1.68. The minimum absolute atomic E-state index is 0.139. The molecule has 0 amide bonds. The van der Waals surface area contributed by atoms with Crippen molar-refractivity contribution in [3.63, 3.8) is 0 Å². The number of H-pyrrole nitrogens is 1. The van der Waals surface area contributed by atoms with Gasteiger partial charge in [-0.1, -0.05) is 13.8 Å². The van der Waals surface area contributed by atoms with Gasteiger partial charge in [-0.3, -0.25) is 9.78 Å². The summed E-state index contributed by atoms with van der Waals surface area (Å²) in [5.74, 6) is 0.858. The van der Waals surface area contributed by atoms with Crippen molar-refractivity contribution in [2.24, 2.45) is 0 Å². The Morgan fingerprint density at radius 3 is 3.06 bits per heavy atom. The average molecular weight is 244 g/mol. The van der Waals surface area contributed by atoms with Crippen LogP contribution < -0.4 is 10.3 Å². The van der Waals surface area contributed by atoms with Crippen LogP contribution in [-0.4, -0.2) is 16.6 Å². The van der Waals surface area contributed by atoms with Crippen LogP contribution in [0.15, 0.2) is 17.1 Å². The van der Waals surface area contributed by atoms with Crippen LogP contribution in [0.4, 0.5) is 0 Å². The number of ether oxygens (including phenoxy) is 1. The van der Waals surface area contributed by atoms with Crippen molar-refractivity contribution >= 4 is 11.0 Å². The van der Waals surface area contributed by atoms with Gasteiger partial charge in [0.2, 0.25) is 0 Å². The van der Waals surface area contributed by atoms with Crippen LogP contribution in [0.5, 0.6) is 5.75 Å². The van der Waals surface area contributed by atoms with Crippen molar-refractivity contribution in [2.45, 2.75) is 32.6 Å². The van der Waals surface area contributed by atoms with Gasteiger partial charge in [0, 0.05) is 11.8 Å². The number of nitrogens with one attached hydrogen (secondary N) is 1. The predicted octanol–water partition coefficient (Wildman–Crippen LogP) is 2.37. The van der Waals surface area contributed by atoms with Crippen LogP contribution in [0, 0.1) is 0 Å². The fraction of sp³-hybridized carbons (Fsp3) is 0.429. The SMILES string of the molecule is CC(C)c1cnc2c3c(c(=O)[nH]c2c1)OCCC3. The molecule has 2 aromatic heterocycles. The lowest BCUT2D eigenvalue weighted by Crippen LogP contribution is -2.20. The van der Waals surface area contributed by atoms with Crippen LogP contribution in [-0.2, 0) is 6.42 Å². The highest BCUT2D eigenvalue weighted by Gasteiger charge is 2.18. The lowest BCUT2D eigenvalue weighted by molar-refractivity contribution is 0.285. The molecule has 3 rings (SSSR count). The fourth-order valence-corrected chi connectivity index (χ4v) is 2.36. The summed E-state index contributed by atoms with van der Waals surface area (Å²) in [6.45, 7) is 4.84. The van der Waals surface area contributed by atoms with Gasteiger partial charge in [0.15, 0.2) is 5.75 Å². The van der Waals surface area contributed by atoms with Gasteiger partial charge in [-0.15, -0.1) is 0 Å². The maximum Gasteiger partial charge on any atom is 0.291 e. The molecule has 0 radical (unpaired) electrons. The van der Waals surface area contributed by atoms with Crippen LogP contribution >= 0.6 is 0 Å². The van der Waals surface area contributed by atoms with Gasteiger partial charge in [-0.25, -0.2) is 0 Å². The standard InChI is InChI=1S/C14H16N2O2/c1-8(2)9-6-11-12(15-7-9)10-4-3-5-18-13(10)14(17)16-11/h6-8H,3-5H2,1-2H3,(H,16,17). The molecular formula is C14H16N2O2. The molecule has 2 aromatic rings. The predicted molar refractivity (Wildman–Crippen MR) is 70.3 cm³/mol.